The molecule has 0 bridgehead atoms. The van der Waals surface area contributed by atoms with Gasteiger partial charge in [-0.05, 0) is 12.1 Å². The lowest BCUT2D eigenvalue weighted by Gasteiger charge is -2.13. The monoisotopic (exact) mass is 280 g/mol. The number of thiazole rings is 1. The summed E-state index contributed by atoms with van der Waals surface area (Å²) in [6.45, 7) is 0. The molecule has 0 unspecified atom stereocenters. The van der Waals surface area contributed by atoms with E-state index >= 15 is 0 Å². The van der Waals surface area contributed by atoms with E-state index in [4.69, 9.17) is 0 Å². The molecule has 3 aromatic rings. The molecule has 0 saturated heterocycles. The molecule has 4 heteroatoms. The SMILES string of the molecule is O=CN(c1ccccc1)c1nc(-c2ccccc2)cs1. The van der Waals surface area contributed by atoms with Crippen LogP contribution in [0.1, 0.15) is 0 Å². The highest BCUT2D eigenvalue weighted by atomic mass is 32.1. The van der Waals surface area contributed by atoms with Gasteiger partial charge >= 0.3 is 0 Å². The van der Waals surface area contributed by atoms with Gasteiger partial charge in [-0.15, -0.1) is 11.3 Å². The number of rotatable bonds is 4. The van der Waals surface area contributed by atoms with E-state index < -0.39 is 0 Å². The maximum absolute atomic E-state index is 11.3. The molecule has 0 aliphatic carbocycles. The van der Waals surface area contributed by atoms with Crippen LogP contribution in [0.15, 0.2) is 66.0 Å². The van der Waals surface area contributed by atoms with Gasteiger partial charge in [-0.3, -0.25) is 9.69 Å². The molecule has 0 fully saturated rings. The summed E-state index contributed by atoms with van der Waals surface area (Å²) in [5.41, 5.74) is 2.75. The van der Waals surface area contributed by atoms with Crippen molar-refractivity contribution in [3.05, 3.63) is 66.0 Å². The summed E-state index contributed by atoms with van der Waals surface area (Å²) in [7, 11) is 0. The van der Waals surface area contributed by atoms with E-state index in [1.54, 1.807) is 4.90 Å². The largest absolute Gasteiger partial charge is 0.278 e. The molecule has 3 rings (SSSR count). The number of nitrogens with zero attached hydrogens (tertiary/aromatic N) is 2. The Bertz CT molecular complexity index is 695. The number of anilines is 2. The first-order valence-electron chi connectivity index (χ1n) is 6.19. The highest BCUT2D eigenvalue weighted by Gasteiger charge is 2.12. The van der Waals surface area contributed by atoms with Crippen LogP contribution in [-0.4, -0.2) is 11.4 Å². The van der Waals surface area contributed by atoms with Crippen LogP contribution >= 0.6 is 11.3 Å². The molecule has 0 aliphatic rings. The highest BCUT2D eigenvalue weighted by Crippen LogP contribution is 2.30. The summed E-state index contributed by atoms with van der Waals surface area (Å²) >= 11 is 1.46. The van der Waals surface area contributed by atoms with Crippen LogP contribution in [0.4, 0.5) is 10.8 Å². The summed E-state index contributed by atoms with van der Waals surface area (Å²) < 4.78 is 0. The van der Waals surface area contributed by atoms with Crippen LogP contribution in [0.3, 0.4) is 0 Å². The van der Waals surface area contributed by atoms with Crippen molar-refractivity contribution < 1.29 is 4.79 Å². The zero-order valence-corrected chi connectivity index (χ0v) is 11.5. The van der Waals surface area contributed by atoms with Crippen molar-refractivity contribution >= 4 is 28.6 Å². The second kappa shape index (κ2) is 5.67. The quantitative estimate of drug-likeness (QED) is 0.674. The van der Waals surface area contributed by atoms with Crippen molar-refractivity contribution in [1.82, 2.24) is 4.98 Å². The Labute approximate surface area is 121 Å². The average molecular weight is 280 g/mol. The molecule has 1 aromatic heterocycles. The molecule has 1 amide bonds. The lowest BCUT2D eigenvalue weighted by Crippen LogP contribution is -2.13. The molecule has 0 saturated carbocycles. The molecule has 0 atom stereocenters. The second-order valence-corrected chi connectivity index (χ2v) is 5.03. The van der Waals surface area contributed by atoms with E-state index in [0.29, 0.717) is 5.13 Å². The summed E-state index contributed by atoms with van der Waals surface area (Å²) in [6.07, 6.45) is 0.795. The van der Waals surface area contributed by atoms with Gasteiger partial charge in [-0.2, -0.15) is 0 Å². The normalized spacial score (nSPS) is 10.2. The Hall–Kier alpha value is -2.46. The Morgan fingerprint density at radius 3 is 2.25 bits per heavy atom. The Balaban J connectivity index is 1.95. The first-order chi connectivity index (χ1) is 9.88. The maximum Gasteiger partial charge on any atom is 0.220 e. The minimum absolute atomic E-state index is 0.671. The van der Waals surface area contributed by atoms with Gasteiger partial charge < -0.3 is 0 Å². The summed E-state index contributed by atoms with van der Waals surface area (Å²) in [5, 5.41) is 2.63. The first kappa shape index (κ1) is 12.6. The van der Waals surface area contributed by atoms with Crippen molar-refractivity contribution in [2.24, 2.45) is 0 Å². The number of para-hydroxylation sites is 1. The van der Waals surface area contributed by atoms with Crippen molar-refractivity contribution in [3.63, 3.8) is 0 Å². The van der Waals surface area contributed by atoms with Gasteiger partial charge in [0.2, 0.25) is 6.41 Å². The molecule has 0 N–H and O–H groups in total. The van der Waals surface area contributed by atoms with Gasteiger partial charge in [0, 0.05) is 10.9 Å². The smallest absolute Gasteiger partial charge is 0.220 e. The number of aromatic nitrogens is 1. The van der Waals surface area contributed by atoms with E-state index in [2.05, 4.69) is 4.98 Å². The van der Waals surface area contributed by atoms with Crippen molar-refractivity contribution in [2.45, 2.75) is 0 Å². The van der Waals surface area contributed by atoms with Crippen LogP contribution in [0.2, 0.25) is 0 Å². The summed E-state index contributed by atoms with van der Waals surface area (Å²) in [4.78, 5) is 17.4. The van der Waals surface area contributed by atoms with E-state index in [9.17, 15) is 4.79 Å². The number of hydrogen-bond acceptors (Lipinski definition) is 3. The molecule has 20 heavy (non-hydrogen) atoms. The fourth-order valence-corrected chi connectivity index (χ4v) is 2.74. The van der Waals surface area contributed by atoms with Gasteiger partial charge in [0.05, 0.1) is 11.4 Å². The van der Waals surface area contributed by atoms with Crippen LogP contribution < -0.4 is 4.90 Å². The van der Waals surface area contributed by atoms with Gasteiger partial charge in [-0.25, -0.2) is 4.98 Å². The third-order valence-corrected chi connectivity index (χ3v) is 3.75. The lowest BCUT2D eigenvalue weighted by molar-refractivity contribution is -0.106. The molecule has 1 heterocycles. The van der Waals surface area contributed by atoms with E-state index in [0.717, 1.165) is 23.4 Å². The molecule has 0 radical (unpaired) electrons. The lowest BCUT2D eigenvalue weighted by atomic mass is 10.2. The topological polar surface area (TPSA) is 33.2 Å². The summed E-state index contributed by atoms with van der Waals surface area (Å²) in [6, 6.07) is 19.4. The minimum Gasteiger partial charge on any atom is -0.278 e. The molecule has 0 aliphatic heterocycles. The zero-order chi connectivity index (χ0) is 13.8. The molecular formula is C16H12N2OS. The minimum atomic E-state index is 0.671. The number of benzene rings is 2. The second-order valence-electron chi connectivity index (χ2n) is 4.19. The fraction of sp³-hybridized carbons (Fsp3) is 0. The highest BCUT2D eigenvalue weighted by molar-refractivity contribution is 7.14. The third-order valence-electron chi connectivity index (χ3n) is 2.91. The third kappa shape index (κ3) is 2.46. The Kier molecular flexibility index (Phi) is 3.56. The van der Waals surface area contributed by atoms with Crippen molar-refractivity contribution in [1.29, 1.82) is 0 Å². The van der Waals surface area contributed by atoms with Crippen LogP contribution in [-0.2, 0) is 4.79 Å². The van der Waals surface area contributed by atoms with Gasteiger partial charge in [-0.1, -0.05) is 48.5 Å². The summed E-state index contributed by atoms with van der Waals surface area (Å²) in [5.74, 6) is 0. The first-order valence-corrected chi connectivity index (χ1v) is 7.07. The zero-order valence-electron chi connectivity index (χ0n) is 10.6. The maximum atomic E-state index is 11.3. The van der Waals surface area contributed by atoms with E-state index in [-0.39, 0.29) is 0 Å². The fourth-order valence-electron chi connectivity index (χ4n) is 1.92. The molecular weight excluding hydrogens is 268 g/mol. The van der Waals surface area contributed by atoms with E-state index in [1.807, 2.05) is 66.0 Å². The predicted molar refractivity (Wildman–Crippen MR) is 82.2 cm³/mol. The van der Waals surface area contributed by atoms with Crippen LogP contribution in [0, 0.1) is 0 Å². The number of carbonyl (C=O) groups is 1. The molecule has 0 spiro atoms. The molecule has 3 nitrogen and oxygen atoms in total. The Morgan fingerprint density at radius 1 is 0.950 bits per heavy atom. The number of carbonyl (C=O) groups excluding carboxylic acids is 1. The standard InChI is InChI=1S/C16H12N2OS/c19-12-18(14-9-5-2-6-10-14)16-17-15(11-20-16)13-7-3-1-4-8-13/h1-12H. The van der Waals surface area contributed by atoms with E-state index in [1.165, 1.54) is 11.3 Å². The van der Waals surface area contributed by atoms with Gasteiger partial charge in [0.25, 0.3) is 0 Å². The molecule has 2 aromatic carbocycles. The van der Waals surface area contributed by atoms with Crippen LogP contribution in [0.25, 0.3) is 11.3 Å². The average Bonchev–Trinajstić information content (AvgIpc) is 3.00. The van der Waals surface area contributed by atoms with Gasteiger partial charge in [0.1, 0.15) is 0 Å². The van der Waals surface area contributed by atoms with Crippen molar-refractivity contribution in [2.75, 3.05) is 4.90 Å². The predicted octanol–water partition coefficient (Wildman–Crippen LogP) is 4.10. The van der Waals surface area contributed by atoms with Gasteiger partial charge in [0.15, 0.2) is 5.13 Å². The number of hydrogen-bond donors (Lipinski definition) is 0. The molecule has 98 valence electrons. The number of amides is 1. The van der Waals surface area contributed by atoms with Crippen LogP contribution in [0.5, 0.6) is 0 Å². The Morgan fingerprint density at radius 2 is 1.60 bits per heavy atom. The van der Waals surface area contributed by atoms with Crippen molar-refractivity contribution in [3.8, 4) is 11.3 Å².